The monoisotopic (exact) mass is 428 g/mol. The van der Waals surface area contributed by atoms with E-state index in [-0.39, 0.29) is 11.7 Å². The van der Waals surface area contributed by atoms with Gasteiger partial charge in [0.15, 0.2) is 11.6 Å². The lowest BCUT2D eigenvalue weighted by molar-refractivity contribution is 0.0966. The molecule has 8 nitrogen and oxygen atoms in total. The molecule has 2 unspecified atom stereocenters. The van der Waals surface area contributed by atoms with Crippen molar-refractivity contribution >= 4 is 11.7 Å². The van der Waals surface area contributed by atoms with E-state index in [1.165, 1.54) is 0 Å². The Labute approximate surface area is 186 Å². The highest BCUT2D eigenvalue weighted by atomic mass is 16.5. The third-order valence-corrected chi connectivity index (χ3v) is 5.88. The van der Waals surface area contributed by atoms with Crippen LogP contribution < -0.4 is 15.0 Å². The molecule has 0 aliphatic carbocycles. The number of rotatable bonds is 5. The van der Waals surface area contributed by atoms with Crippen molar-refractivity contribution in [3.05, 3.63) is 71.4 Å². The van der Waals surface area contributed by atoms with Crippen LogP contribution in [-0.4, -0.2) is 52.0 Å². The zero-order valence-corrected chi connectivity index (χ0v) is 18.2. The predicted octanol–water partition coefficient (Wildman–Crippen LogP) is 2.73. The Morgan fingerprint density at radius 3 is 2.59 bits per heavy atom. The molecule has 2 aliphatic rings. The van der Waals surface area contributed by atoms with Gasteiger partial charge in [-0.25, -0.2) is 19.9 Å². The first kappa shape index (κ1) is 20.3. The quantitative estimate of drug-likeness (QED) is 0.620. The van der Waals surface area contributed by atoms with Crippen LogP contribution in [0.5, 0.6) is 5.75 Å². The highest BCUT2D eigenvalue weighted by Crippen LogP contribution is 2.34. The van der Waals surface area contributed by atoms with Crippen LogP contribution in [0.3, 0.4) is 0 Å². The second kappa shape index (κ2) is 8.12. The van der Waals surface area contributed by atoms with Gasteiger partial charge in [-0.2, -0.15) is 0 Å². The van der Waals surface area contributed by atoms with Gasteiger partial charge in [0.05, 0.1) is 13.2 Å². The number of aromatic nitrogens is 4. The van der Waals surface area contributed by atoms with E-state index in [9.17, 15) is 4.79 Å². The molecule has 0 saturated carbocycles. The van der Waals surface area contributed by atoms with Crippen LogP contribution in [0.25, 0.3) is 11.4 Å². The number of nitrogens with one attached hydrogen (secondary N) is 1. The summed E-state index contributed by atoms with van der Waals surface area (Å²) >= 11 is 0. The van der Waals surface area contributed by atoms with E-state index in [1.54, 1.807) is 37.7 Å². The molecule has 162 valence electrons. The summed E-state index contributed by atoms with van der Waals surface area (Å²) in [6.45, 7) is 5.42. The minimum Gasteiger partial charge on any atom is -0.497 e. The average Bonchev–Trinajstić information content (AvgIpc) is 3.39. The number of anilines is 1. The zero-order chi connectivity index (χ0) is 22.2. The lowest BCUT2D eigenvalue weighted by Crippen LogP contribution is -2.33. The molecule has 5 rings (SSSR count). The zero-order valence-electron chi connectivity index (χ0n) is 18.2. The summed E-state index contributed by atoms with van der Waals surface area (Å²) in [7, 11) is 1.60. The summed E-state index contributed by atoms with van der Waals surface area (Å²) < 4.78 is 5.37. The van der Waals surface area contributed by atoms with E-state index in [2.05, 4.69) is 30.2 Å². The number of hydrogen-bond acceptors (Lipinski definition) is 8. The molecule has 32 heavy (non-hydrogen) atoms. The van der Waals surface area contributed by atoms with E-state index < -0.39 is 6.04 Å². The topological polar surface area (TPSA) is 93.1 Å². The maximum absolute atomic E-state index is 13.7. The first-order valence-electron chi connectivity index (χ1n) is 10.6. The average molecular weight is 428 g/mol. The lowest BCUT2D eigenvalue weighted by Gasteiger charge is -2.17. The lowest BCUT2D eigenvalue weighted by atomic mass is 9.92. The SMILES string of the molecule is COc1ccc(C(=O)C2NCC3CN(c4nc(C)cc(C)n4)C=C32)c(-c2ncccn2)c1. The fourth-order valence-electron chi connectivity index (χ4n) is 4.41. The van der Waals surface area contributed by atoms with Crippen LogP contribution in [0.15, 0.2) is 54.5 Å². The third kappa shape index (κ3) is 3.62. The van der Waals surface area contributed by atoms with E-state index in [0.29, 0.717) is 28.6 Å². The molecule has 2 atom stereocenters. The van der Waals surface area contributed by atoms with Crippen LogP contribution in [0.2, 0.25) is 0 Å². The van der Waals surface area contributed by atoms with Gasteiger partial charge in [-0.05, 0) is 49.8 Å². The van der Waals surface area contributed by atoms with Gasteiger partial charge in [-0.3, -0.25) is 4.79 Å². The Kier molecular flexibility index (Phi) is 5.14. The second-order valence-corrected chi connectivity index (χ2v) is 8.12. The first-order valence-corrected chi connectivity index (χ1v) is 10.6. The summed E-state index contributed by atoms with van der Waals surface area (Å²) in [4.78, 5) is 33.6. The number of methoxy groups -OCH3 is 1. The fraction of sp³-hybridized carbons (Fsp3) is 0.292. The number of aryl methyl sites for hydroxylation is 2. The van der Waals surface area contributed by atoms with Crippen LogP contribution in [-0.2, 0) is 0 Å². The van der Waals surface area contributed by atoms with Gasteiger partial charge in [0, 0.05) is 60.1 Å². The molecule has 4 heterocycles. The summed E-state index contributed by atoms with van der Waals surface area (Å²) in [5.41, 5.74) is 4.15. The number of Topliss-reactive ketones (excluding diaryl/α,β-unsaturated/α-hetero) is 1. The van der Waals surface area contributed by atoms with Gasteiger partial charge in [-0.1, -0.05) is 0 Å². The Balaban J connectivity index is 1.49. The molecule has 8 heteroatoms. The van der Waals surface area contributed by atoms with Gasteiger partial charge >= 0.3 is 0 Å². The van der Waals surface area contributed by atoms with Crippen molar-refractivity contribution < 1.29 is 9.53 Å². The summed E-state index contributed by atoms with van der Waals surface area (Å²) in [6.07, 6.45) is 5.37. The van der Waals surface area contributed by atoms with E-state index >= 15 is 0 Å². The van der Waals surface area contributed by atoms with Crippen LogP contribution in [0, 0.1) is 19.8 Å². The van der Waals surface area contributed by atoms with Gasteiger partial charge < -0.3 is 15.0 Å². The Hall–Kier alpha value is -3.65. The molecule has 0 radical (unpaired) electrons. The maximum Gasteiger partial charge on any atom is 0.229 e. The third-order valence-electron chi connectivity index (χ3n) is 5.88. The first-order chi connectivity index (χ1) is 15.5. The molecule has 3 aromatic rings. The van der Waals surface area contributed by atoms with Crippen LogP contribution in [0.4, 0.5) is 5.95 Å². The molecule has 2 aromatic heterocycles. The van der Waals surface area contributed by atoms with E-state index in [1.807, 2.05) is 32.2 Å². The molecule has 1 saturated heterocycles. The minimum absolute atomic E-state index is 0.00736. The standard InChI is InChI=1S/C24H24N6O2/c1-14-9-15(2)29-24(28-14)30-12-16-11-27-21(20(16)13-30)22(31)18-6-5-17(32-3)10-19(18)23-25-7-4-8-26-23/h4-10,13,16,21,27H,11-12H2,1-3H3. The van der Waals surface area contributed by atoms with Crippen molar-refractivity contribution in [1.82, 2.24) is 25.3 Å². The van der Waals surface area contributed by atoms with Crippen molar-refractivity contribution in [2.75, 3.05) is 25.1 Å². The largest absolute Gasteiger partial charge is 0.497 e. The number of nitrogens with zero attached hydrogens (tertiary/aromatic N) is 5. The van der Waals surface area contributed by atoms with Gasteiger partial charge in [0.1, 0.15) is 5.75 Å². The molecule has 0 spiro atoms. The van der Waals surface area contributed by atoms with E-state index in [4.69, 9.17) is 4.74 Å². The number of carbonyl (C=O) groups excluding carboxylic acids is 1. The number of ether oxygens (including phenoxy) is 1. The summed E-state index contributed by atoms with van der Waals surface area (Å²) in [5, 5.41) is 3.40. The van der Waals surface area contributed by atoms with Crippen molar-refractivity contribution in [3.63, 3.8) is 0 Å². The Morgan fingerprint density at radius 1 is 1.12 bits per heavy atom. The van der Waals surface area contributed by atoms with Crippen LogP contribution >= 0.6 is 0 Å². The van der Waals surface area contributed by atoms with Crippen molar-refractivity contribution in [3.8, 4) is 17.1 Å². The second-order valence-electron chi connectivity index (χ2n) is 8.12. The van der Waals surface area contributed by atoms with Crippen molar-refractivity contribution in [2.24, 2.45) is 5.92 Å². The van der Waals surface area contributed by atoms with E-state index in [0.717, 1.165) is 30.1 Å². The number of hydrogen-bond donors (Lipinski definition) is 1. The molecular weight excluding hydrogens is 404 g/mol. The Morgan fingerprint density at radius 2 is 1.88 bits per heavy atom. The minimum atomic E-state index is -0.410. The number of carbonyl (C=O) groups is 1. The van der Waals surface area contributed by atoms with Gasteiger partial charge in [0.2, 0.25) is 5.95 Å². The fourth-order valence-corrected chi connectivity index (χ4v) is 4.41. The molecule has 0 amide bonds. The predicted molar refractivity (Wildman–Crippen MR) is 121 cm³/mol. The number of fused-ring (bicyclic) bond motifs is 1. The smallest absolute Gasteiger partial charge is 0.229 e. The molecule has 0 bridgehead atoms. The van der Waals surface area contributed by atoms with Gasteiger partial charge in [0.25, 0.3) is 0 Å². The molecule has 1 N–H and O–H groups in total. The highest BCUT2D eigenvalue weighted by molar-refractivity contribution is 6.07. The molecule has 2 aliphatic heterocycles. The van der Waals surface area contributed by atoms with Gasteiger partial charge in [-0.15, -0.1) is 0 Å². The normalized spacial score (nSPS) is 19.6. The van der Waals surface area contributed by atoms with Crippen molar-refractivity contribution in [2.45, 2.75) is 19.9 Å². The molecule has 1 aromatic carbocycles. The Bertz CT molecular complexity index is 1190. The number of ketones is 1. The van der Waals surface area contributed by atoms with Crippen LogP contribution in [0.1, 0.15) is 21.7 Å². The molecule has 1 fully saturated rings. The highest BCUT2D eigenvalue weighted by Gasteiger charge is 2.41. The van der Waals surface area contributed by atoms with Crippen molar-refractivity contribution in [1.29, 1.82) is 0 Å². The number of benzene rings is 1. The summed E-state index contributed by atoms with van der Waals surface area (Å²) in [6, 6.07) is 8.70. The maximum atomic E-state index is 13.7. The molecular formula is C24H24N6O2. The summed E-state index contributed by atoms with van der Waals surface area (Å²) in [5.74, 6) is 2.06.